The lowest BCUT2D eigenvalue weighted by molar-refractivity contribution is -0.130. The molecule has 7 nitrogen and oxygen atoms in total. The Labute approximate surface area is 138 Å². The molecule has 0 amide bonds. The molecule has 7 heteroatoms. The molecular weight excluding hydrogens is 306 g/mol. The molecule has 0 unspecified atom stereocenters. The predicted molar refractivity (Wildman–Crippen MR) is 88.8 cm³/mol. The minimum atomic E-state index is -1.09. The van der Waals surface area contributed by atoms with Crippen LogP contribution in [0.4, 0.5) is 0 Å². The highest BCUT2D eigenvalue weighted by atomic mass is 16.4. The molecule has 0 radical (unpaired) electrons. The van der Waals surface area contributed by atoms with Crippen LogP contribution in [0.15, 0.2) is 43.2 Å². The fraction of sp³-hybridized carbons (Fsp3) is 0.118. The summed E-state index contributed by atoms with van der Waals surface area (Å²) in [4.78, 5) is 23.4. The molecule has 0 spiro atoms. The third kappa shape index (κ3) is 3.35. The van der Waals surface area contributed by atoms with Gasteiger partial charge in [0.25, 0.3) is 0 Å². The van der Waals surface area contributed by atoms with E-state index in [-0.39, 0.29) is 5.57 Å². The van der Waals surface area contributed by atoms with Crippen molar-refractivity contribution in [1.29, 1.82) is 0 Å². The number of carboxylic acid groups (broad SMARTS) is 1. The van der Waals surface area contributed by atoms with Gasteiger partial charge in [0.15, 0.2) is 5.82 Å². The molecule has 0 aliphatic heterocycles. The van der Waals surface area contributed by atoms with Crippen molar-refractivity contribution in [3.8, 4) is 11.4 Å². The molecule has 3 aromatic rings. The van der Waals surface area contributed by atoms with Gasteiger partial charge in [-0.3, -0.25) is 0 Å². The molecule has 0 saturated heterocycles. The molecule has 3 rings (SSSR count). The number of aromatic nitrogens is 5. The van der Waals surface area contributed by atoms with E-state index in [2.05, 4.69) is 26.1 Å². The monoisotopic (exact) mass is 321 g/mol. The number of nitrogens with zero attached hydrogens (tertiary/aromatic N) is 5. The van der Waals surface area contributed by atoms with Crippen LogP contribution in [0.1, 0.15) is 16.7 Å². The number of benzene rings is 1. The highest BCUT2D eigenvalue weighted by molar-refractivity contribution is 6.18. The summed E-state index contributed by atoms with van der Waals surface area (Å²) in [5.41, 5.74) is 3.55. The Morgan fingerprint density at radius 2 is 1.79 bits per heavy atom. The smallest absolute Gasteiger partial charge is 0.337 e. The van der Waals surface area contributed by atoms with E-state index in [4.69, 9.17) is 0 Å². The molecule has 0 fully saturated rings. The molecule has 24 heavy (non-hydrogen) atoms. The zero-order valence-corrected chi connectivity index (χ0v) is 13.2. The molecule has 0 bridgehead atoms. The predicted octanol–water partition coefficient (Wildman–Crippen LogP) is 2.43. The van der Waals surface area contributed by atoms with Crippen LogP contribution in [0.2, 0.25) is 0 Å². The first-order valence-electron chi connectivity index (χ1n) is 7.23. The Morgan fingerprint density at radius 1 is 1.12 bits per heavy atom. The number of aliphatic carboxylic acids is 1. The maximum absolute atomic E-state index is 11.5. The fourth-order valence-electron chi connectivity index (χ4n) is 2.40. The average Bonchev–Trinajstić information content (AvgIpc) is 3.01. The molecular formula is C17H15N5O2. The zero-order valence-electron chi connectivity index (χ0n) is 13.2. The van der Waals surface area contributed by atoms with Gasteiger partial charge in [-0.15, -0.1) is 5.10 Å². The van der Waals surface area contributed by atoms with Crippen LogP contribution >= 0.6 is 0 Å². The fourth-order valence-corrected chi connectivity index (χ4v) is 2.40. The number of carbonyl (C=O) groups is 1. The first kappa shape index (κ1) is 15.5. The number of hydrogen-bond acceptors (Lipinski definition) is 5. The summed E-state index contributed by atoms with van der Waals surface area (Å²) in [6.07, 6.45) is 7.08. The van der Waals surface area contributed by atoms with Crippen molar-refractivity contribution in [2.24, 2.45) is 0 Å². The summed E-state index contributed by atoms with van der Waals surface area (Å²) in [5, 5.41) is 13.7. The first-order valence-corrected chi connectivity index (χ1v) is 7.23. The molecule has 2 heterocycles. The second-order valence-corrected chi connectivity index (χ2v) is 5.40. The van der Waals surface area contributed by atoms with Crippen LogP contribution < -0.4 is 0 Å². The van der Waals surface area contributed by atoms with Gasteiger partial charge in [-0.1, -0.05) is 17.2 Å². The van der Waals surface area contributed by atoms with E-state index in [0.717, 1.165) is 16.7 Å². The highest BCUT2D eigenvalue weighted by Gasteiger charge is 2.12. The summed E-state index contributed by atoms with van der Waals surface area (Å²) in [5.74, 6) is -0.555. The third-order valence-electron chi connectivity index (χ3n) is 3.35. The highest BCUT2D eigenvalue weighted by Crippen LogP contribution is 2.19. The largest absolute Gasteiger partial charge is 0.478 e. The van der Waals surface area contributed by atoms with Crippen LogP contribution in [0.5, 0.6) is 0 Å². The maximum Gasteiger partial charge on any atom is 0.337 e. The van der Waals surface area contributed by atoms with Crippen molar-refractivity contribution in [2.75, 3.05) is 0 Å². The summed E-state index contributed by atoms with van der Waals surface area (Å²) < 4.78 is 1.38. The van der Waals surface area contributed by atoms with Crippen LogP contribution in [-0.2, 0) is 4.79 Å². The van der Waals surface area contributed by atoms with Gasteiger partial charge < -0.3 is 5.11 Å². The topological polar surface area (TPSA) is 93.8 Å². The average molecular weight is 321 g/mol. The normalized spacial score (nSPS) is 11.5. The number of hydrogen-bond donors (Lipinski definition) is 1. The molecule has 0 aliphatic carbocycles. The van der Waals surface area contributed by atoms with Gasteiger partial charge in [0.1, 0.15) is 12.7 Å². The SMILES string of the molecule is Cc1cc(C)cc(-c2ncn(/C=C(/C(=O)O)c3cncnc3)n2)c1. The van der Waals surface area contributed by atoms with Gasteiger partial charge in [0.2, 0.25) is 0 Å². The molecule has 1 aromatic carbocycles. The Hall–Kier alpha value is -3.35. The van der Waals surface area contributed by atoms with Gasteiger partial charge in [0.05, 0.1) is 5.57 Å². The number of rotatable bonds is 4. The summed E-state index contributed by atoms with van der Waals surface area (Å²) in [6, 6.07) is 6.04. The van der Waals surface area contributed by atoms with E-state index in [9.17, 15) is 9.90 Å². The Bertz CT molecular complexity index is 895. The third-order valence-corrected chi connectivity index (χ3v) is 3.35. The number of carboxylic acids is 1. The van der Waals surface area contributed by atoms with Gasteiger partial charge in [0, 0.05) is 29.7 Å². The van der Waals surface area contributed by atoms with Crippen molar-refractivity contribution in [3.63, 3.8) is 0 Å². The van der Waals surface area contributed by atoms with Gasteiger partial charge in [-0.05, 0) is 26.0 Å². The minimum absolute atomic E-state index is 0.0347. The zero-order chi connectivity index (χ0) is 17.1. The van der Waals surface area contributed by atoms with Gasteiger partial charge in [-0.25, -0.2) is 24.4 Å². The Balaban J connectivity index is 1.99. The van der Waals surface area contributed by atoms with E-state index in [0.29, 0.717) is 11.4 Å². The van der Waals surface area contributed by atoms with Gasteiger partial charge in [-0.2, -0.15) is 0 Å². The van der Waals surface area contributed by atoms with Gasteiger partial charge >= 0.3 is 5.97 Å². The standard InChI is InChI=1S/C17H15N5O2/c1-11-3-12(2)5-13(4-11)16-20-10-22(21-16)8-15(17(23)24)14-6-18-9-19-7-14/h3-10H,1-2H3,(H,23,24)/b15-8+. The van der Waals surface area contributed by atoms with E-state index >= 15 is 0 Å². The molecule has 0 saturated carbocycles. The van der Waals surface area contributed by atoms with E-state index in [1.165, 1.54) is 35.9 Å². The van der Waals surface area contributed by atoms with E-state index < -0.39 is 5.97 Å². The lowest BCUT2D eigenvalue weighted by Gasteiger charge is -2.02. The Morgan fingerprint density at radius 3 is 2.42 bits per heavy atom. The summed E-state index contributed by atoms with van der Waals surface area (Å²) in [7, 11) is 0. The summed E-state index contributed by atoms with van der Waals surface area (Å²) >= 11 is 0. The molecule has 120 valence electrons. The van der Waals surface area contributed by atoms with Crippen molar-refractivity contribution in [2.45, 2.75) is 13.8 Å². The van der Waals surface area contributed by atoms with Crippen LogP contribution in [-0.4, -0.2) is 35.8 Å². The minimum Gasteiger partial charge on any atom is -0.478 e. The van der Waals surface area contributed by atoms with Crippen LogP contribution in [0, 0.1) is 13.8 Å². The van der Waals surface area contributed by atoms with Crippen molar-refractivity contribution in [3.05, 3.63) is 59.9 Å². The quantitative estimate of drug-likeness (QED) is 0.742. The lowest BCUT2D eigenvalue weighted by atomic mass is 10.1. The van der Waals surface area contributed by atoms with Crippen molar-refractivity contribution in [1.82, 2.24) is 24.7 Å². The Kier molecular flexibility index (Phi) is 4.15. The second-order valence-electron chi connectivity index (χ2n) is 5.40. The molecule has 2 aromatic heterocycles. The second kappa shape index (κ2) is 6.41. The molecule has 1 N–H and O–H groups in total. The van der Waals surface area contributed by atoms with Crippen molar-refractivity contribution >= 4 is 17.7 Å². The molecule has 0 atom stereocenters. The first-order chi connectivity index (χ1) is 11.5. The van der Waals surface area contributed by atoms with Crippen LogP contribution in [0.25, 0.3) is 23.2 Å². The number of aryl methyl sites for hydroxylation is 2. The van der Waals surface area contributed by atoms with Crippen molar-refractivity contribution < 1.29 is 9.90 Å². The van der Waals surface area contributed by atoms with E-state index in [1.54, 1.807) is 0 Å². The van der Waals surface area contributed by atoms with E-state index in [1.807, 2.05) is 26.0 Å². The lowest BCUT2D eigenvalue weighted by Crippen LogP contribution is -2.03. The van der Waals surface area contributed by atoms with Crippen LogP contribution in [0.3, 0.4) is 0 Å². The summed E-state index contributed by atoms with van der Waals surface area (Å²) in [6.45, 7) is 4.01. The maximum atomic E-state index is 11.5. The molecule has 0 aliphatic rings.